The van der Waals surface area contributed by atoms with Gasteiger partial charge in [-0.3, -0.25) is 0 Å². The van der Waals surface area contributed by atoms with Crippen molar-refractivity contribution < 1.29 is 54.8 Å². The van der Waals surface area contributed by atoms with Crippen LogP contribution in [-0.4, -0.2) is 110 Å². The highest BCUT2D eigenvalue weighted by Crippen LogP contribution is 2.29. The Morgan fingerprint density at radius 3 is 2.00 bits per heavy atom. The van der Waals surface area contributed by atoms with Crippen molar-refractivity contribution in [1.29, 1.82) is 0 Å². The summed E-state index contributed by atoms with van der Waals surface area (Å²) in [5.41, 5.74) is 0. The number of ether oxygens (including phenoxy) is 3. The minimum absolute atomic E-state index is 0.551. The SMILES string of the molecule is O=C(O)C1OC(OC2C(CO)OC(CO)C2O)C(O)C(O)C1O. The number of aliphatic carboxylic acids is 1. The number of hydrogen-bond donors (Lipinski definition) is 7. The largest absolute Gasteiger partial charge is 0.479 e. The molecule has 23 heavy (non-hydrogen) atoms. The number of aliphatic hydroxyl groups is 6. The lowest BCUT2D eigenvalue weighted by atomic mass is 9.98. The van der Waals surface area contributed by atoms with E-state index in [-0.39, 0.29) is 0 Å². The Morgan fingerprint density at radius 1 is 0.870 bits per heavy atom. The molecule has 2 aliphatic rings. The molecule has 0 spiro atoms. The van der Waals surface area contributed by atoms with Gasteiger partial charge in [0.15, 0.2) is 12.4 Å². The van der Waals surface area contributed by atoms with E-state index in [1.165, 1.54) is 0 Å². The van der Waals surface area contributed by atoms with E-state index < -0.39 is 74.3 Å². The molecule has 0 saturated carbocycles. The molecule has 0 aromatic heterocycles. The first-order valence-electron chi connectivity index (χ1n) is 6.95. The highest BCUT2D eigenvalue weighted by Gasteiger charge is 2.51. The predicted octanol–water partition coefficient (Wildman–Crippen LogP) is -4.62. The number of rotatable bonds is 5. The average molecular weight is 340 g/mol. The monoisotopic (exact) mass is 340 g/mol. The van der Waals surface area contributed by atoms with Gasteiger partial charge in [0.2, 0.25) is 0 Å². The third-order valence-corrected chi connectivity index (χ3v) is 3.90. The van der Waals surface area contributed by atoms with Gasteiger partial charge < -0.3 is 50.0 Å². The van der Waals surface area contributed by atoms with Crippen LogP contribution in [0.25, 0.3) is 0 Å². The van der Waals surface area contributed by atoms with E-state index in [1.807, 2.05) is 0 Å². The van der Waals surface area contributed by atoms with Crippen LogP contribution in [0, 0.1) is 0 Å². The first-order chi connectivity index (χ1) is 10.8. The van der Waals surface area contributed by atoms with Crippen molar-refractivity contribution in [2.45, 2.75) is 55.1 Å². The van der Waals surface area contributed by atoms with E-state index in [0.717, 1.165) is 0 Å². The Bertz CT molecular complexity index is 416. The van der Waals surface area contributed by atoms with Gasteiger partial charge >= 0.3 is 5.97 Å². The molecule has 2 aliphatic heterocycles. The molecule has 134 valence electrons. The Balaban J connectivity index is 2.12. The molecule has 2 heterocycles. The van der Waals surface area contributed by atoms with Gasteiger partial charge in [-0.15, -0.1) is 0 Å². The topological polar surface area (TPSA) is 186 Å². The summed E-state index contributed by atoms with van der Waals surface area (Å²) in [4.78, 5) is 11.0. The zero-order valence-electron chi connectivity index (χ0n) is 11.9. The smallest absolute Gasteiger partial charge is 0.335 e. The third kappa shape index (κ3) is 3.47. The lowest BCUT2D eigenvalue weighted by Crippen LogP contribution is -2.61. The van der Waals surface area contributed by atoms with Crippen molar-refractivity contribution in [3.63, 3.8) is 0 Å². The van der Waals surface area contributed by atoms with Crippen molar-refractivity contribution in [3.8, 4) is 0 Å². The first-order valence-corrected chi connectivity index (χ1v) is 6.95. The summed E-state index contributed by atoms with van der Waals surface area (Å²) >= 11 is 0. The van der Waals surface area contributed by atoms with Gasteiger partial charge in [-0.05, 0) is 0 Å². The summed E-state index contributed by atoms with van der Waals surface area (Å²) in [7, 11) is 0. The molecule has 11 heteroatoms. The molecule has 9 unspecified atom stereocenters. The molecule has 2 fully saturated rings. The van der Waals surface area contributed by atoms with Crippen molar-refractivity contribution in [2.24, 2.45) is 0 Å². The molecule has 0 aromatic rings. The van der Waals surface area contributed by atoms with Gasteiger partial charge in [0, 0.05) is 0 Å². The van der Waals surface area contributed by atoms with Gasteiger partial charge in [-0.1, -0.05) is 0 Å². The standard InChI is InChI=1S/C12H20O11/c13-1-3-5(15)9(4(2-14)21-3)22-12-8(18)6(16)7(17)10(23-12)11(19)20/h3-10,12-18H,1-2H2,(H,19,20). The van der Waals surface area contributed by atoms with E-state index >= 15 is 0 Å². The zero-order valence-corrected chi connectivity index (χ0v) is 11.9. The molecule has 0 amide bonds. The number of hydrogen-bond acceptors (Lipinski definition) is 10. The molecule has 9 atom stereocenters. The fourth-order valence-electron chi connectivity index (χ4n) is 2.60. The van der Waals surface area contributed by atoms with Gasteiger partial charge in [0.1, 0.15) is 42.7 Å². The minimum Gasteiger partial charge on any atom is -0.479 e. The second-order valence-electron chi connectivity index (χ2n) is 5.40. The molecule has 0 bridgehead atoms. The van der Waals surface area contributed by atoms with Crippen LogP contribution in [0.5, 0.6) is 0 Å². The van der Waals surface area contributed by atoms with Crippen LogP contribution in [0.15, 0.2) is 0 Å². The molecule has 2 saturated heterocycles. The molecule has 2 rings (SSSR count). The zero-order chi connectivity index (χ0) is 17.3. The molecule has 0 aromatic carbocycles. The lowest BCUT2D eigenvalue weighted by Gasteiger charge is -2.40. The van der Waals surface area contributed by atoms with E-state index in [1.54, 1.807) is 0 Å². The number of carbonyl (C=O) groups is 1. The molecular formula is C12H20O11. The summed E-state index contributed by atoms with van der Waals surface area (Å²) in [5.74, 6) is -1.58. The summed E-state index contributed by atoms with van der Waals surface area (Å²) in [6.07, 6.45) is -13.8. The summed E-state index contributed by atoms with van der Waals surface area (Å²) in [6, 6.07) is 0. The molecular weight excluding hydrogens is 320 g/mol. The quantitative estimate of drug-likeness (QED) is 0.255. The van der Waals surface area contributed by atoms with Crippen LogP contribution in [0.1, 0.15) is 0 Å². The summed E-state index contributed by atoms with van der Waals surface area (Å²) < 4.78 is 15.3. The first kappa shape index (κ1) is 18.4. The van der Waals surface area contributed by atoms with Gasteiger partial charge in [0.05, 0.1) is 13.2 Å². The van der Waals surface area contributed by atoms with Crippen LogP contribution >= 0.6 is 0 Å². The maximum Gasteiger partial charge on any atom is 0.335 e. The van der Waals surface area contributed by atoms with Crippen molar-refractivity contribution in [1.82, 2.24) is 0 Å². The van der Waals surface area contributed by atoms with Crippen molar-refractivity contribution >= 4 is 5.97 Å². The van der Waals surface area contributed by atoms with Gasteiger partial charge in [-0.25, -0.2) is 4.79 Å². The number of aliphatic hydroxyl groups excluding tert-OH is 6. The Kier molecular flexibility index (Phi) is 5.89. The predicted molar refractivity (Wildman–Crippen MR) is 68.0 cm³/mol. The molecule has 11 nitrogen and oxygen atoms in total. The van der Waals surface area contributed by atoms with Crippen molar-refractivity contribution in [3.05, 3.63) is 0 Å². The second kappa shape index (κ2) is 7.34. The normalized spacial score (nSPS) is 47.7. The maximum atomic E-state index is 11.0. The van der Waals surface area contributed by atoms with E-state index in [2.05, 4.69) is 0 Å². The molecule has 0 aliphatic carbocycles. The van der Waals surface area contributed by atoms with Gasteiger partial charge in [-0.2, -0.15) is 0 Å². The minimum atomic E-state index is -1.87. The molecule has 7 N–H and O–H groups in total. The van der Waals surface area contributed by atoms with E-state index in [0.29, 0.717) is 0 Å². The lowest BCUT2D eigenvalue weighted by molar-refractivity contribution is -0.311. The average Bonchev–Trinajstić information content (AvgIpc) is 2.83. The van der Waals surface area contributed by atoms with Crippen LogP contribution in [-0.2, 0) is 19.0 Å². The highest BCUT2D eigenvalue weighted by molar-refractivity contribution is 5.73. The van der Waals surface area contributed by atoms with Gasteiger partial charge in [0.25, 0.3) is 0 Å². The number of carboxylic acids is 1. The fourth-order valence-corrected chi connectivity index (χ4v) is 2.60. The number of carboxylic acid groups (broad SMARTS) is 1. The Morgan fingerprint density at radius 2 is 1.48 bits per heavy atom. The van der Waals surface area contributed by atoms with Crippen LogP contribution in [0.4, 0.5) is 0 Å². The summed E-state index contributed by atoms with van der Waals surface area (Å²) in [5, 5.41) is 66.3. The van der Waals surface area contributed by atoms with E-state index in [9.17, 15) is 30.3 Å². The van der Waals surface area contributed by atoms with E-state index in [4.69, 9.17) is 24.4 Å². The maximum absolute atomic E-state index is 11.0. The highest BCUT2D eigenvalue weighted by atomic mass is 16.7. The fraction of sp³-hybridized carbons (Fsp3) is 0.917. The van der Waals surface area contributed by atoms with Crippen LogP contribution in [0.3, 0.4) is 0 Å². The third-order valence-electron chi connectivity index (χ3n) is 3.90. The Labute approximate surface area is 130 Å². The molecule has 0 radical (unpaired) electrons. The summed E-state index contributed by atoms with van der Waals surface area (Å²) in [6.45, 7) is -1.13. The Hall–Kier alpha value is -0.890. The van der Waals surface area contributed by atoms with Crippen molar-refractivity contribution in [2.75, 3.05) is 13.2 Å². The second-order valence-corrected chi connectivity index (χ2v) is 5.40. The van der Waals surface area contributed by atoms with Crippen LogP contribution < -0.4 is 0 Å². The van der Waals surface area contributed by atoms with Crippen LogP contribution in [0.2, 0.25) is 0 Å².